The Morgan fingerprint density at radius 2 is 0.686 bits per heavy atom. The molecule has 2 aliphatic rings. The van der Waals surface area contributed by atoms with Gasteiger partial charge in [-0.25, -0.2) is 0 Å². The monoisotopic (exact) mass is 494 g/mol. The number of fused-ring (bicyclic) bond motifs is 2. The smallest absolute Gasteiger partial charge is 0.147 e. The SMILES string of the molecule is O=P(c1ccccc1)(c1ccccc1)C1C2C=CC(C2)C1P(=O)(c1ccccc1)c1ccccc1. The van der Waals surface area contributed by atoms with E-state index in [0.717, 1.165) is 27.6 Å². The Hall–Kier alpha value is -2.92. The summed E-state index contributed by atoms with van der Waals surface area (Å²) in [7, 11) is -6.26. The molecule has 0 heterocycles. The summed E-state index contributed by atoms with van der Waals surface area (Å²) in [6.45, 7) is 0. The molecule has 4 aromatic rings. The lowest BCUT2D eigenvalue weighted by Gasteiger charge is -2.40. The Bertz CT molecular complexity index is 1230. The van der Waals surface area contributed by atoms with Crippen molar-refractivity contribution in [2.75, 3.05) is 0 Å². The van der Waals surface area contributed by atoms with Crippen molar-refractivity contribution in [3.8, 4) is 0 Å². The molecular formula is C31H28O2P2. The zero-order valence-electron chi connectivity index (χ0n) is 19.4. The van der Waals surface area contributed by atoms with Crippen molar-refractivity contribution in [3.05, 3.63) is 133 Å². The van der Waals surface area contributed by atoms with Crippen molar-refractivity contribution < 1.29 is 9.13 Å². The zero-order valence-corrected chi connectivity index (χ0v) is 21.2. The highest BCUT2D eigenvalue weighted by molar-refractivity contribution is 7.83. The van der Waals surface area contributed by atoms with Crippen molar-refractivity contribution in [3.63, 3.8) is 0 Å². The van der Waals surface area contributed by atoms with Gasteiger partial charge in [0.1, 0.15) is 14.3 Å². The Morgan fingerprint density at radius 1 is 0.429 bits per heavy atom. The van der Waals surface area contributed by atoms with E-state index in [0.29, 0.717) is 0 Å². The Morgan fingerprint density at radius 3 is 0.943 bits per heavy atom. The van der Waals surface area contributed by atoms with E-state index in [4.69, 9.17) is 0 Å². The Kier molecular flexibility index (Phi) is 5.76. The molecule has 4 atom stereocenters. The summed E-state index contributed by atoms with van der Waals surface area (Å²) < 4.78 is 31.1. The summed E-state index contributed by atoms with van der Waals surface area (Å²) >= 11 is 0. The van der Waals surface area contributed by atoms with E-state index in [9.17, 15) is 0 Å². The fourth-order valence-corrected chi connectivity index (χ4v) is 14.7. The highest BCUT2D eigenvalue weighted by Crippen LogP contribution is 2.69. The van der Waals surface area contributed by atoms with Crippen LogP contribution in [0, 0.1) is 11.8 Å². The number of allylic oxidation sites excluding steroid dienone is 2. The predicted molar refractivity (Wildman–Crippen MR) is 148 cm³/mol. The van der Waals surface area contributed by atoms with Gasteiger partial charge in [0.15, 0.2) is 0 Å². The molecule has 4 unspecified atom stereocenters. The molecule has 174 valence electrons. The molecule has 4 aromatic carbocycles. The minimum absolute atomic E-state index is 0.136. The van der Waals surface area contributed by atoms with E-state index in [1.807, 2.05) is 121 Å². The predicted octanol–water partition coefficient (Wildman–Crippen LogP) is 5.96. The van der Waals surface area contributed by atoms with Crippen LogP contribution in [0.4, 0.5) is 0 Å². The van der Waals surface area contributed by atoms with Gasteiger partial charge in [-0.3, -0.25) is 0 Å². The molecule has 0 N–H and O–H groups in total. The standard InChI is InChI=1S/C31H28O2P2/c32-34(26-13-5-1-6-14-26,27-15-7-2-8-16-27)30-24-21-22-25(23-24)31(30)35(33,28-17-9-3-10-18-28)29-19-11-4-12-20-29/h1-22,24-25,30-31H,23H2. The first kappa shape index (κ1) is 22.5. The maximum absolute atomic E-state index is 15.6. The fourth-order valence-electron chi connectivity index (χ4n) is 6.32. The van der Waals surface area contributed by atoms with Gasteiger partial charge in [0.25, 0.3) is 0 Å². The molecule has 1 fully saturated rings. The van der Waals surface area contributed by atoms with E-state index in [1.165, 1.54) is 0 Å². The average molecular weight is 495 g/mol. The molecule has 0 radical (unpaired) electrons. The van der Waals surface area contributed by atoms with Crippen LogP contribution in [0.3, 0.4) is 0 Å². The lowest BCUT2D eigenvalue weighted by atomic mass is 10.1. The van der Waals surface area contributed by atoms with E-state index in [2.05, 4.69) is 12.2 Å². The van der Waals surface area contributed by atoms with Crippen molar-refractivity contribution in [1.82, 2.24) is 0 Å². The summed E-state index contributed by atoms with van der Waals surface area (Å²) in [5.41, 5.74) is -0.456. The average Bonchev–Trinajstić information content (AvgIpc) is 3.57. The highest BCUT2D eigenvalue weighted by Gasteiger charge is 2.60. The van der Waals surface area contributed by atoms with Gasteiger partial charge in [-0.1, -0.05) is 133 Å². The van der Waals surface area contributed by atoms with Crippen LogP contribution in [0.2, 0.25) is 0 Å². The van der Waals surface area contributed by atoms with Gasteiger partial charge in [0.2, 0.25) is 0 Å². The lowest BCUT2D eigenvalue weighted by Crippen LogP contribution is -2.41. The van der Waals surface area contributed by atoms with E-state index < -0.39 is 14.3 Å². The molecule has 35 heavy (non-hydrogen) atoms. The van der Waals surface area contributed by atoms with Gasteiger partial charge in [0.05, 0.1) is 0 Å². The van der Waals surface area contributed by atoms with Gasteiger partial charge in [-0.05, 0) is 18.3 Å². The Balaban J connectivity index is 1.63. The van der Waals surface area contributed by atoms with Crippen LogP contribution >= 0.6 is 14.3 Å². The quantitative estimate of drug-likeness (QED) is 0.245. The van der Waals surface area contributed by atoms with Crippen LogP contribution in [0.1, 0.15) is 6.42 Å². The minimum Gasteiger partial charge on any atom is -0.313 e. The molecule has 2 aliphatic carbocycles. The second kappa shape index (κ2) is 8.94. The van der Waals surface area contributed by atoms with Crippen LogP contribution in [0.15, 0.2) is 133 Å². The Labute approximate surface area is 207 Å². The molecule has 6 rings (SSSR count). The molecule has 1 saturated carbocycles. The van der Waals surface area contributed by atoms with E-state index in [1.54, 1.807) is 0 Å². The van der Waals surface area contributed by atoms with Crippen molar-refractivity contribution in [2.45, 2.75) is 17.7 Å². The van der Waals surface area contributed by atoms with Crippen molar-refractivity contribution in [2.24, 2.45) is 11.8 Å². The number of benzene rings is 4. The highest BCUT2D eigenvalue weighted by atomic mass is 31.2. The maximum atomic E-state index is 15.6. The van der Waals surface area contributed by atoms with E-state index in [-0.39, 0.29) is 23.2 Å². The summed E-state index contributed by atoms with van der Waals surface area (Å²) in [4.78, 5) is 0. The number of rotatable bonds is 6. The fraction of sp³-hybridized carbons (Fsp3) is 0.161. The molecule has 0 aromatic heterocycles. The second-order valence-electron chi connectivity index (χ2n) is 9.59. The zero-order chi connectivity index (χ0) is 23.9. The van der Waals surface area contributed by atoms with Gasteiger partial charge >= 0.3 is 0 Å². The molecule has 0 aliphatic heterocycles. The van der Waals surface area contributed by atoms with Gasteiger partial charge in [0, 0.05) is 32.5 Å². The van der Waals surface area contributed by atoms with Gasteiger partial charge in [-0.2, -0.15) is 0 Å². The molecule has 0 saturated heterocycles. The number of hydrogen-bond acceptors (Lipinski definition) is 2. The third-order valence-corrected chi connectivity index (χ3v) is 15.4. The van der Waals surface area contributed by atoms with Crippen molar-refractivity contribution >= 4 is 35.5 Å². The molecule has 2 nitrogen and oxygen atoms in total. The lowest BCUT2D eigenvalue weighted by molar-refractivity contribution is 0.549. The normalized spacial score (nSPS) is 23.4. The third kappa shape index (κ3) is 3.55. The third-order valence-electron chi connectivity index (χ3n) is 7.78. The molecule has 2 bridgehead atoms. The van der Waals surface area contributed by atoms with Gasteiger partial charge in [-0.15, -0.1) is 0 Å². The summed E-state index contributed by atoms with van der Waals surface area (Å²) in [6.07, 6.45) is 5.39. The van der Waals surface area contributed by atoms with Crippen LogP contribution in [0.5, 0.6) is 0 Å². The van der Waals surface area contributed by atoms with Crippen LogP contribution in [-0.4, -0.2) is 11.3 Å². The van der Waals surface area contributed by atoms with E-state index >= 15 is 9.13 Å². The topological polar surface area (TPSA) is 34.1 Å². The molecular weight excluding hydrogens is 466 g/mol. The number of hydrogen-bond donors (Lipinski definition) is 0. The maximum Gasteiger partial charge on any atom is 0.147 e. The second-order valence-corrected chi connectivity index (χ2v) is 15.5. The molecule has 0 spiro atoms. The first-order valence-electron chi connectivity index (χ1n) is 12.2. The van der Waals surface area contributed by atoms with Gasteiger partial charge < -0.3 is 9.13 Å². The van der Waals surface area contributed by atoms with Crippen molar-refractivity contribution in [1.29, 1.82) is 0 Å². The van der Waals surface area contributed by atoms with Crippen LogP contribution in [0.25, 0.3) is 0 Å². The minimum atomic E-state index is -3.13. The molecule has 0 amide bonds. The summed E-state index contributed by atoms with van der Waals surface area (Å²) in [6, 6.07) is 39.6. The first-order valence-corrected chi connectivity index (χ1v) is 15.8. The van der Waals surface area contributed by atoms with Crippen LogP contribution < -0.4 is 21.2 Å². The largest absolute Gasteiger partial charge is 0.313 e. The summed E-state index contributed by atoms with van der Waals surface area (Å²) in [5.74, 6) is 0.272. The first-order chi connectivity index (χ1) is 17.1. The molecule has 4 heteroatoms. The van der Waals surface area contributed by atoms with Crippen LogP contribution in [-0.2, 0) is 9.13 Å². The summed E-state index contributed by atoms with van der Waals surface area (Å²) in [5, 5.41) is 3.43.